The lowest BCUT2D eigenvalue weighted by atomic mass is 10.2. The Morgan fingerprint density at radius 3 is 2.92 bits per heavy atom. The third-order valence-electron chi connectivity index (χ3n) is 4.15. The van der Waals surface area contributed by atoms with Crippen LogP contribution in [0.5, 0.6) is 0 Å². The van der Waals surface area contributed by atoms with Gasteiger partial charge in [0, 0.05) is 41.5 Å². The molecule has 1 unspecified atom stereocenters. The molecule has 1 aliphatic rings. The molecule has 0 aliphatic carbocycles. The molecule has 1 aromatic carbocycles. The van der Waals surface area contributed by atoms with Crippen molar-refractivity contribution in [3.05, 3.63) is 36.0 Å². The van der Waals surface area contributed by atoms with Crippen LogP contribution in [0.1, 0.15) is 25.5 Å². The van der Waals surface area contributed by atoms with Crippen molar-refractivity contribution in [3.8, 4) is 0 Å². The Balaban J connectivity index is 1.86. The number of rotatable bonds is 6. The minimum Gasteiger partial charge on any atom is -0.355 e. The van der Waals surface area contributed by atoms with Crippen LogP contribution in [0.2, 0.25) is 0 Å². The summed E-state index contributed by atoms with van der Waals surface area (Å²) in [7, 11) is 0. The van der Waals surface area contributed by atoms with E-state index < -0.39 is 0 Å². The molecule has 3 rings (SSSR count). The maximum absolute atomic E-state index is 6.05. The molecular weight excluding hydrogens is 318 g/mol. The van der Waals surface area contributed by atoms with E-state index in [0.29, 0.717) is 5.95 Å². The van der Waals surface area contributed by atoms with Crippen molar-refractivity contribution in [1.29, 1.82) is 0 Å². The fraction of sp³-hybridized carbons (Fsp3) is 0.444. The number of hydrogen-bond donors (Lipinski definition) is 2. The molecule has 2 heterocycles. The lowest BCUT2D eigenvalue weighted by Gasteiger charge is -2.19. The summed E-state index contributed by atoms with van der Waals surface area (Å²) in [6.07, 6.45) is 5.12. The Labute approximate surface area is 148 Å². The smallest absolute Gasteiger partial charge is 0.229 e. The van der Waals surface area contributed by atoms with E-state index in [1.165, 1.54) is 4.90 Å². The Bertz CT molecular complexity index is 691. The van der Waals surface area contributed by atoms with Crippen LogP contribution in [0, 0.1) is 0 Å². The predicted octanol–water partition coefficient (Wildman–Crippen LogP) is 3.43. The van der Waals surface area contributed by atoms with Crippen LogP contribution >= 0.6 is 11.8 Å². The largest absolute Gasteiger partial charge is 0.355 e. The molecule has 1 aliphatic heterocycles. The van der Waals surface area contributed by atoms with Crippen molar-refractivity contribution < 1.29 is 0 Å². The highest BCUT2D eigenvalue weighted by Crippen LogP contribution is 2.24. The van der Waals surface area contributed by atoms with Crippen molar-refractivity contribution >= 4 is 29.2 Å². The zero-order chi connectivity index (χ0) is 16.9. The van der Waals surface area contributed by atoms with Gasteiger partial charge in [-0.25, -0.2) is 4.98 Å². The van der Waals surface area contributed by atoms with Gasteiger partial charge in [-0.1, -0.05) is 19.4 Å². The minimum absolute atomic E-state index is 0.240. The fourth-order valence-electron chi connectivity index (χ4n) is 2.91. The van der Waals surface area contributed by atoms with Crippen LogP contribution in [0.15, 0.2) is 35.2 Å². The van der Waals surface area contributed by atoms with Crippen molar-refractivity contribution in [3.63, 3.8) is 0 Å². The Hall–Kier alpha value is -1.79. The molecule has 24 heavy (non-hydrogen) atoms. The molecule has 128 valence electrons. The number of aromatic nitrogens is 2. The molecule has 6 heteroatoms. The molecule has 3 N–H and O–H groups in total. The summed E-state index contributed by atoms with van der Waals surface area (Å²) in [6, 6.07) is 10.6. The number of aryl methyl sites for hydroxylation is 1. The van der Waals surface area contributed by atoms with Gasteiger partial charge in [0.1, 0.15) is 5.82 Å². The number of nitrogens with two attached hydrogens (primary N) is 1. The van der Waals surface area contributed by atoms with Crippen molar-refractivity contribution in [2.24, 2.45) is 5.73 Å². The maximum atomic E-state index is 6.05. The van der Waals surface area contributed by atoms with Gasteiger partial charge >= 0.3 is 0 Å². The van der Waals surface area contributed by atoms with Gasteiger partial charge in [0.05, 0.1) is 0 Å². The molecule has 0 radical (unpaired) electrons. The van der Waals surface area contributed by atoms with E-state index in [4.69, 9.17) is 10.7 Å². The average Bonchev–Trinajstić information content (AvgIpc) is 3.02. The minimum atomic E-state index is 0.240. The monoisotopic (exact) mass is 343 g/mol. The quantitative estimate of drug-likeness (QED) is 0.783. The summed E-state index contributed by atoms with van der Waals surface area (Å²) < 4.78 is 0. The second-order valence-electron chi connectivity index (χ2n) is 6.14. The summed E-state index contributed by atoms with van der Waals surface area (Å²) in [6.45, 7) is 4.00. The zero-order valence-electron chi connectivity index (χ0n) is 14.3. The molecule has 0 amide bonds. The molecule has 0 bridgehead atoms. The molecule has 5 nitrogen and oxygen atoms in total. The Morgan fingerprint density at radius 1 is 1.33 bits per heavy atom. The number of benzene rings is 1. The summed E-state index contributed by atoms with van der Waals surface area (Å²) in [5, 5.41) is 3.36. The Morgan fingerprint density at radius 2 is 2.21 bits per heavy atom. The van der Waals surface area contributed by atoms with Crippen LogP contribution in [0.25, 0.3) is 0 Å². The average molecular weight is 344 g/mol. The van der Waals surface area contributed by atoms with E-state index in [2.05, 4.69) is 46.6 Å². The number of nitrogens with one attached hydrogen (secondary N) is 1. The highest BCUT2D eigenvalue weighted by atomic mass is 32.2. The first-order valence-corrected chi connectivity index (χ1v) is 9.70. The summed E-state index contributed by atoms with van der Waals surface area (Å²) in [5.74, 6) is 1.64. The van der Waals surface area contributed by atoms with E-state index in [1.807, 2.05) is 12.1 Å². The molecule has 1 atom stereocenters. The summed E-state index contributed by atoms with van der Waals surface area (Å²) >= 11 is 1.73. The number of nitrogens with zero attached hydrogens (tertiary/aromatic N) is 3. The third kappa shape index (κ3) is 4.19. The maximum Gasteiger partial charge on any atom is 0.229 e. The lowest BCUT2D eigenvalue weighted by Crippen LogP contribution is -2.27. The molecule has 0 spiro atoms. The van der Waals surface area contributed by atoms with E-state index in [-0.39, 0.29) is 6.04 Å². The third-order valence-corrected chi connectivity index (χ3v) is 4.87. The van der Waals surface area contributed by atoms with Gasteiger partial charge in [-0.15, -0.1) is 11.8 Å². The predicted molar refractivity (Wildman–Crippen MR) is 102 cm³/mol. The van der Waals surface area contributed by atoms with Gasteiger partial charge in [-0.2, -0.15) is 4.98 Å². The van der Waals surface area contributed by atoms with Crippen LogP contribution in [0.3, 0.4) is 0 Å². The standard InChI is InChI=1S/C18H25N5S/c1-3-5-14-11-17(23-9-8-13(19)12-23)22-18(20-14)21-15-6-4-7-16(10-15)24-2/h4,6-7,10-11,13H,3,5,8-9,12,19H2,1-2H3,(H,20,21,22). The fourth-order valence-corrected chi connectivity index (χ4v) is 3.37. The number of anilines is 3. The van der Waals surface area contributed by atoms with Gasteiger partial charge < -0.3 is 16.0 Å². The first-order chi connectivity index (χ1) is 11.7. The second kappa shape index (κ2) is 7.85. The van der Waals surface area contributed by atoms with Crippen LogP contribution in [0.4, 0.5) is 17.5 Å². The van der Waals surface area contributed by atoms with Crippen LogP contribution in [-0.4, -0.2) is 35.4 Å². The normalized spacial score (nSPS) is 17.3. The molecule has 1 saturated heterocycles. The van der Waals surface area contributed by atoms with Gasteiger partial charge in [0.15, 0.2) is 0 Å². The van der Waals surface area contributed by atoms with Crippen molar-refractivity contribution in [2.75, 3.05) is 29.6 Å². The summed E-state index contributed by atoms with van der Waals surface area (Å²) in [4.78, 5) is 12.9. The first-order valence-electron chi connectivity index (χ1n) is 8.47. The van der Waals surface area contributed by atoms with Gasteiger partial charge in [-0.05, 0) is 37.3 Å². The summed E-state index contributed by atoms with van der Waals surface area (Å²) in [5.41, 5.74) is 8.14. The lowest BCUT2D eigenvalue weighted by molar-refractivity contribution is 0.751. The highest BCUT2D eigenvalue weighted by molar-refractivity contribution is 7.98. The van der Waals surface area contributed by atoms with Crippen molar-refractivity contribution in [1.82, 2.24) is 9.97 Å². The second-order valence-corrected chi connectivity index (χ2v) is 7.02. The molecule has 0 saturated carbocycles. The SMILES string of the molecule is CCCc1cc(N2CCC(N)C2)nc(Nc2cccc(SC)c2)n1. The van der Waals surface area contributed by atoms with E-state index >= 15 is 0 Å². The first kappa shape index (κ1) is 17.0. The Kier molecular flexibility index (Phi) is 5.58. The van der Waals surface area contributed by atoms with Gasteiger partial charge in [0.2, 0.25) is 5.95 Å². The van der Waals surface area contributed by atoms with E-state index in [1.54, 1.807) is 11.8 Å². The zero-order valence-corrected chi connectivity index (χ0v) is 15.1. The van der Waals surface area contributed by atoms with Crippen LogP contribution in [-0.2, 0) is 6.42 Å². The molecule has 1 aromatic heterocycles. The topological polar surface area (TPSA) is 67.1 Å². The van der Waals surface area contributed by atoms with Gasteiger partial charge in [0.25, 0.3) is 0 Å². The molecule has 1 fully saturated rings. The number of thioether (sulfide) groups is 1. The van der Waals surface area contributed by atoms with Crippen molar-refractivity contribution in [2.45, 2.75) is 37.1 Å². The highest BCUT2D eigenvalue weighted by Gasteiger charge is 2.21. The van der Waals surface area contributed by atoms with E-state index in [9.17, 15) is 0 Å². The van der Waals surface area contributed by atoms with Gasteiger partial charge in [-0.3, -0.25) is 0 Å². The number of hydrogen-bond acceptors (Lipinski definition) is 6. The van der Waals surface area contributed by atoms with E-state index in [0.717, 1.165) is 49.6 Å². The molecular formula is C18H25N5S. The van der Waals surface area contributed by atoms with Crippen LogP contribution < -0.4 is 16.0 Å². The molecule has 2 aromatic rings.